The zero-order valence-corrected chi connectivity index (χ0v) is 13.1. The molecule has 0 heterocycles. The molecule has 0 atom stereocenters. The Hall–Kier alpha value is -1.48. The molecular formula is C16H22ClNO2. The van der Waals surface area contributed by atoms with Crippen LogP contribution >= 0.6 is 11.6 Å². The van der Waals surface area contributed by atoms with Crippen LogP contribution in [0.2, 0.25) is 5.02 Å². The van der Waals surface area contributed by atoms with Crippen LogP contribution in [-0.2, 0) is 9.53 Å². The Balaban J connectivity index is 2.62. The predicted molar refractivity (Wildman–Crippen MR) is 84.3 cm³/mol. The number of allylic oxidation sites excluding steroid dienone is 1. The molecule has 3 nitrogen and oxygen atoms in total. The Labute approximate surface area is 126 Å². The first-order chi connectivity index (χ1) is 9.58. The molecule has 20 heavy (non-hydrogen) atoms. The molecule has 0 saturated heterocycles. The van der Waals surface area contributed by atoms with E-state index in [4.69, 9.17) is 16.3 Å². The maximum atomic E-state index is 11.7. The van der Waals surface area contributed by atoms with E-state index in [1.54, 1.807) is 0 Å². The second-order valence-corrected chi connectivity index (χ2v) is 5.09. The summed E-state index contributed by atoms with van der Waals surface area (Å²) < 4.78 is 4.82. The lowest BCUT2D eigenvalue weighted by atomic mass is 10.1. The molecule has 0 spiro atoms. The van der Waals surface area contributed by atoms with Crippen LogP contribution in [0.4, 0.5) is 5.69 Å². The molecule has 0 aliphatic heterocycles. The van der Waals surface area contributed by atoms with E-state index in [9.17, 15) is 4.79 Å². The maximum Gasteiger partial charge on any atom is 0.333 e. The van der Waals surface area contributed by atoms with Gasteiger partial charge in [0.15, 0.2) is 0 Å². The zero-order chi connectivity index (χ0) is 15.0. The number of anilines is 1. The number of hydrogen-bond acceptors (Lipinski definition) is 3. The van der Waals surface area contributed by atoms with Gasteiger partial charge in [-0.05, 0) is 37.1 Å². The average Bonchev–Trinajstić information content (AvgIpc) is 2.47. The van der Waals surface area contributed by atoms with Crippen LogP contribution < -0.4 is 4.90 Å². The lowest BCUT2D eigenvalue weighted by Crippen LogP contribution is -2.20. The van der Waals surface area contributed by atoms with Gasteiger partial charge in [-0.25, -0.2) is 4.79 Å². The van der Waals surface area contributed by atoms with Gasteiger partial charge in [0.2, 0.25) is 0 Å². The zero-order valence-electron chi connectivity index (χ0n) is 12.4. The third-order valence-electron chi connectivity index (χ3n) is 3.11. The van der Waals surface area contributed by atoms with Gasteiger partial charge in [0.05, 0.1) is 7.11 Å². The van der Waals surface area contributed by atoms with Gasteiger partial charge in [-0.1, -0.05) is 31.0 Å². The van der Waals surface area contributed by atoms with Crippen LogP contribution in [0.25, 0.3) is 0 Å². The first-order valence-electron chi connectivity index (χ1n) is 6.82. The first-order valence-corrected chi connectivity index (χ1v) is 7.20. The van der Waals surface area contributed by atoms with Crippen LogP contribution in [-0.4, -0.2) is 26.7 Å². The van der Waals surface area contributed by atoms with Crippen LogP contribution in [0.5, 0.6) is 0 Å². The van der Waals surface area contributed by atoms with Gasteiger partial charge in [0, 0.05) is 29.9 Å². The molecule has 1 aromatic carbocycles. The number of benzene rings is 1. The minimum atomic E-state index is -0.233. The average molecular weight is 296 g/mol. The molecule has 0 fully saturated rings. The van der Waals surface area contributed by atoms with Gasteiger partial charge >= 0.3 is 5.97 Å². The third kappa shape index (κ3) is 5.25. The molecular weight excluding hydrogens is 274 g/mol. The van der Waals surface area contributed by atoms with Crippen molar-refractivity contribution < 1.29 is 9.53 Å². The fourth-order valence-electron chi connectivity index (χ4n) is 1.85. The summed E-state index contributed by atoms with van der Waals surface area (Å²) in [5.74, 6) is -0.233. The Kier molecular flexibility index (Phi) is 7.16. The summed E-state index contributed by atoms with van der Waals surface area (Å²) in [7, 11) is 3.42. The third-order valence-corrected chi connectivity index (χ3v) is 3.36. The monoisotopic (exact) mass is 295 g/mol. The van der Waals surface area contributed by atoms with Gasteiger partial charge in [-0.3, -0.25) is 0 Å². The van der Waals surface area contributed by atoms with E-state index in [1.807, 2.05) is 37.4 Å². The molecule has 0 aromatic heterocycles. The normalized spacial score (nSPS) is 11.3. The van der Waals surface area contributed by atoms with Crippen molar-refractivity contribution in [1.82, 2.24) is 0 Å². The molecule has 1 aromatic rings. The summed E-state index contributed by atoms with van der Waals surface area (Å²) in [5.41, 5.74) is 1.82. The number of ether oxygens (including phenoxy) is 1. The SMILES string of the molecule is CCCC=C(CCN(C)c1ccc(Cl)cc1)C(=O)OC. The summed E-state index contributed by atoms with van der Waals surface area (Å²) in [6.45, 7) is 2.84. The Morgan fingerprint density at radius 2 is 2.00 bits per heavy atom. The number of hydrogen-bond donors (Lipinski definition) is 0. The second kappa shape index (κ2) is 8.64. The summed E-state index contributed by atoms with van der Waals surface area (Å²) in [4.78, 5) is 13.8. The Morgan fingerprint density at radius 3 is 2.55 bits per heavy atom. The lowest BCUT2D eigenvalue weighted by Gasteiger charge is -2.19. The van der Waals surface area contributed by atoms with Crippen LogP contribution in [0.3, 0.4) is 0 Å². The number of carbonyl (C=O) groups excluding carboxylic acids is 1. The number of esters is 1. The molecule has 0 N–H and O–H groups in total. The highest BCUT2D eigenvalue weighted by molar-refractivity contribution is 6.30. The van der Waals surface area contributed by atoms with Gasteiger partial charge in [-0.15, -0.1) is 0 Å². The lowest BCUT2D eigenvalue weighted by molar-refractivity contribution is -0.136. The summed E-state index contributed by atoms with van der Waals surface area (Å²) in [6, 6.07) is 7.66. The van der Waals surface area contributed by atoms with E-state index in [0.717, 1.165) is 35.7 Å². The van der Waals surface area contributed by atoms with Gasteiger partial charge in [0.1, 0.15) is 0 Å². The topological polar surface area (TPSA) is 29.5 Å². The van der Waals surface area contributed by atoms with E-state index in [0.29, 0.717) is 6.42 Å². The summed E-state index contributed by atoms with van der Waals surface area (Å²) >= 11 is 5.87. The smallest absolute Gasteiger partial charge is 0.333 e. The molecule has 0 radical (unpaired) electrons. The highest BCUT2D eigenvalue weighted by Gasteiger charge is 2.10. The number of halogens is 1. The molecule has 0 aliphatic rings. The molecule has 0 bridgehead atoms. The van der Waals surface area contributed by atoms with Gasteiger partial charge < -0.3 is 9.64 Å². The number of rotatable bonds is 7. The molecule has 4 heteroatoms. The highest BCUT2D eigenvalue weighted by Crippen LogP contribution is 2.18. The molecule has 0 aliphatic carbocycles. The van der Waals surface area contributed by atoms with Gasteiger partial charge in [-0.2, -0.15) is 0 Å². The van der Waals surface area contributed by atoms with Gasteiger partial charge in [0.25, 0.3) is 0 Å². The second-order valence-electron chi connectivity index (χ2n) is 4.66. The largest absolute Gasteiger partial charge is 0.466 e. The summed E-state index contributed by atoms with van der Waals surface area (Å²) in [6.07, 6.45) is 4.57. The fourth-order valence-corrected chi connectivity index (χ4v) is 1.98. The van der Waals surface area contributed by atoms with Crippen LogP contribution in [0, 0.1) is 0 Å². The highest BCUT2D eigenvalue weighted by atomic mass is 35.5. The van der Waals surface area contributed by atoms with Crippen molar-refractivity contribution in [2.75, 3.05) is 25.6 Å². The van der Waals surface area contributed by atoms with Crippen molar-refractivity contribution in [2.24, 2.45) is 0 Å². The van der Waals surface area contributed by atoms with Crippen LogP contribution in [0.15, 0.2) is 35.9 Å². The maximum absolute atomic E-state index is 11.7. The minimum Gasteiger partial charge on any atom is -0.466 e. The molecule has 1 rings (SSSR count). The van der Waals surface area contributed by atoms with Crippen molar-refractivity contribution in [3.05, 3.63) is 40.9 Å². The minimum absolute atomic E-state index is 0.233. The molecule has 0 unspecified atom stereocenters. The fraction of sp³-hybridized carbons (Fsp3) is 0.438. The van der Waals surface area contributed by atoms with E-state index < -0.39 is 0 Å². The number of methoxy groups -OCH3 is 1. The van der Waals surface area contributed by atoms with E-state index in [1.165, 1.54) is 7.11 Å². The standard InChI is InChI=1S/C16H22ClNO2/c1-4-5-6-13(16(19)20-3)11-12-18(2)15-9-7-14(17)8-10-15/h6-10H,4-5,11-12H2,1-3H3. The number of carbonyl (C=O) groups is 1. The predicted octanol–water partition coefficient (Wildman–Crippen LogP) is 4.07. The van der Waals surface area contributed by atoms with Crippen molar-refractivity contribution in [3.63, 3.8) is 0 Å². The molecule has 0 amide bonds. The van der Waals surface area contributed by atoms with Crippen molar-refractivity contribution in [3.8, 4) is 0 Å². The Morgan fingerprint density at radius 1 is 1.35 bits per heavy atom. The molecule has 0 saturated carbocycles. The quantitative estimate of drug-likeness (QED) is 0.561. The van der Waals surface area contributed by atoms with Crippen molar-refractivity contribution >= 4 is 23.3 Å². The van der Waals surface area contributed by atoms with Crippen molar-refractivity contribution in [2.45, 2.75) is 26.2 Å². The number of nitrogens with zero attached hydrogens (tertiary/aromatic N) is 1. The number of unbranched alkanes of at least 4 members (excludes halogenated alkanes) is 1. The first kappa shape index (κ1) is 16.6. The van der Waals surface area contributed by atoms with Crippen LogP contribution in [0.1, 0.15) is 26.2 Å². The van der Waals surface area contributed by atoms with E-state index in [-0.39, 0.29) is 5.97 Å². The Bertz CT molecular complexity index is 454. The van der Waals surface area contributed by atoms with E-state index in [2.05, 4.69) is 11.8 Å². The molecule has 110 valence electrons. The van der Waals surface area contributed by atoms with E-state index >= 15 is 0 Å². The van der Waals surface area contributed by atoms with Crippen molar-refractivity contribution in [1.29, 1.82) is 0 Å². The summed E-state index contributed by atoms with van der Waals surface area (Å²) in [5, 5.41) is 0.722.